The second kappa shape index (κ2) is 11.2. The van der Waals surface area contributed by atoms with Crippen LogP contribution in [0.5, 0.6) is 0 Å². The summed E-state index contributed by atoms with van der Waals surface area (Å²) in [5.41, 5.74) is 16.0. The fraction of sp³-hybridized carbons (Fsp3) is 0.156. The maximum absolute atomic E-state index is 2.52. The van der Waals surface area contributed by atoms with Crippen LogP contribution in [0, 0.1) is 0 Å². The van der Waals surface area contributed by atoms with Crippen molar-refractivity contribution in [3.05, 3.63) is 196 Å². The van der Waals surface area contributed by atoms with E-state index in [0.29, 0.717) is 0 Å². The second-order valence-electron chi connectivity index (χ2n) is 12.6. The number of benzene rings is 6. The first-order valence-corrected chi connectivity index (χ1v) is 16.5. The molecule has 1 unspecified atom stereocenters. The normalized spacial score (nSPS) is 15.1. The maximum atomic E-state index is 2.52. The smallest absolute Gasteiger partial charge is 0.0415 e. The van der Waals surface area contributed by atoms with Crippen LogP contribution in [0.3, 0.4) is 0 Å². The molecule has 45 heavy (non-hydrogen) atoms. The zero-order chi connectivity index (χ0) is 30.4. The summed E-state index contributed by atoms with van der Waals surface area (Å²) >= 11 is 0. The molecule has 0 heterocycles. The summed E-state index contributed by atoms with van der Waals surface area (Å²) in [5, 5.41) is 0. The van der Waals surface area contributed by atoms with E-state index >= 15 is 0 Å². The second-order valence-corrected chi connectivity index (χ2v) is 12.6. The van der Waals surface area contributed by atoms with Gasteiger partial charge in [0.1, 0.15) is 0 Å². The van der Waals surface area contributed by atoms with Crippen molar-refractivity contribution in [2.24, 2.45) is 0 Å². The Kier molecular flexibility index (Phi) is 6.87. The van der Waals surface area contributed by atoms with E-state index in [9.17, 15) is 0 Å². The van der Waals surface area contributed by atoms with Gasteiger partial charge < -0.3 is 0 Å². The van der Waals surface area contributed by atoms with E-state index in [4.69, 9.17) is 0 Å². The van der Waals surface area contributed by atoms with Crippen LogP contribution in [0.1, 0.15) is 70.2 Å². The number of hydrogen-bond acceptors (Lipinski definition) is 0. The van der Waals surface area contributed by atoms with Crippen LogP contribution >= 0.6 is 0 Å². The average Bonchev–Trinajstić information content (AvgIpc) is 3.69. The molecule has 0 saturated carbocycles. The maximum Gasteiger partial charge on any atom is 0.0415 e. The predicted octanol–water partition coefficient (Wildman–Crippen LogP) is 11.4. The van der Waals surface area contributed by atoms with Gasteiger partial charge in [0.05, 0.1) is 0 Å². The minimum atomic E-state index is -0.378. The van der Waals surface area contributed by atoms with Crippen LogP contribution in [0.25, 0.3) is 28.3 Å². The van der Waals surface area contributed by atoms with E-state index in [0.717, 1.165) is 12.8 Å². The van der Waals surface area contributed by atoms with Crippen molar-refractivity contribution in [1.29, 1.82) is 0 Å². The topological polar surface area (TPSA) is 0 Å². The minimum absolute atomic E-state index is 0.139. The molecule has 0 amide bonds. The molecule has 0 bridgehead atoms. The molecule has 6 aromatic rings. The largest absolute Gasteiger partial charge is 0.0751 e. The zero-order valence-electron chi connectivity index (χ0n) is 26.1. The first-order chi connectivity index (χ1) is 22.2. The molecular weight excluding hydrogens is 540 g/mol. The summed E-state index contributed by atoms with van der Waals surface area (Å²) in [6.07, 6.45) is 6.93. The van der Waals surface area contributed by atoms with E-state index in [1.807, 2.05) is 0 Å². The van der Waals surface area contributed by atoms with Gasteiger partial charge >= 0.3 is 0 Å². The Morgan fingerprint density at radius 1 is 0.489 bits per heavy atom. The summed E-state index contributed by atoms with van der Waals surface area (Å²) in [6.45, 7) is 4.55. The lowest BCUT2D eigenvalue weighted by atomic mass is 9.55. The molecule has 0 radical (unpaired) electrons. The number of fused-ring (bicyclic) bond motifs is 4. The molecule has 0 N–H and O–H groups in total. The van der Waals surface area contributed by atoms with E-state index in [2.05, 4.69) is 172 Å². The third kappa shape index (κ3) is 4.35. The molecule has 0 aliphatic heterocycles. The lowest BCUT2D eigenvalue weighted by Crippen LogP contribution is -2.40. The Morgan fingerprint density at radius 2 is 1.02 bits per heavy atom. The standard InChI is InChI=1S/C45H38/c1-3-31-20-24-39-40-25-21-32(4-2)29-42(40)44(41(39)28-31)45(36-16-10-6-11-17-36,37-18-12-7-13-19-37)43-27-23-35-30-34(22-26-38(35)43)33-14-8-5-9-15-33/h5-30,43-44H,3-4H2,1-2H3. The van der Waals surface area contributed by atoms with Crippen LogP contribution in [0.2, 0.25) is 0 Å². The van der Waals surface area contributed by atoms with Gasteiger partial charge in [-0.05, 0) is 85.7 Å². The molecule has 0 saturated heterocycles. The van der Waals surface area contributed by atoms with E-state index in [-0.39, 0.29) is 17.3 Å². The minimum Gasteiger partial charge on any atom is -0.0751 e. The molecule has 0 nitrogen and oxygen atoms in total. The molecule has 218 valence electrons. The van der Waals surface area contributed by atoms with Crippen LogP contribution in [-0.2, 0) is 18.3 Å². The van der Waals surface area contributed by atoms with E-state index < -0.39 is 0 Å². The number of rotatable bonds is 7. The van der Waals surface area contributed by atoms with Crippen molar-refractivity contribution in [3.63, 3.8) is 0 Å². The molecule has 0 heteroatoms. The highest BCUT2D eigenvalue weighted by Crippen LogP contribution is 2.63. The van der Waals surface area contributed by atoms with Gasteiger partial charge in [0.2, 0.25) is 0 Å². The lowest BCUT2D eigenvalue weighted by molar-refractivity contribution is 0.416. The first-order valence-electron chi connectivity index (χ1n) is 16.5. The highest BCUT2D eigenvalue weighted by Gasteiger charge is 2.53. The number of hydrogen-bond donors (Lipinski definition) is 0. The van der Waals surface area contributed by atoms with Crippen LogP contribution in [-0.4, -0.2) is 0 Å². The van der Waals surface area contributed by atoms with Gasteiger partial charge in [-0.25, -0.2) is 0 Å². The quantitative estimate of drug-likeness (QED) is 0.177. The Bertz CT molecular complexity index is 1920. The molecule has 0 spiro atoms. The summed E-state index contributed by atoms with van der Waals surface area (Å²) < 4.78 is 0. The van der Waals surface area contributed by atoms with Gasteiger partial charge in [-0.1, -0.05) is 166 Å². The van der Waals surface area contributed by atoms with Crippen molar-refractivity contribution >= 4 is 6.08 Å². The van der Waals surface area contributed by atoms with Gasteiger partial charge in [-0.2, -0.15) is 0 Å². The van der Waals surface area contributed by atoms with Crippen molar-refractivity contribution < 1.29 is 0 Å². The summed E-state index contributed by atoms with van der Waals surface area (Å²) in [6, 6.07) is 55.1. The molecule has 6 aromatic carbocycles. The van der Waals surface area contributed by atoms with Crippen LogP contribution < -0.4 is 0 Å². The predicted molar refractivity (Wildman–Crippen MR) is 190 cm³/mol. The summed E-state index contributed by atoms with van der Waals surface area (Å²) in [7, 11) is 0. The summed E-state index contributed by atoms with van der Waals surface area (Å²) in [4.78, 5) is 0. The third-order valence-electron chi connectivity index (χ3n) is 10.4. The van der Waals surface area contributed by atoms with Crippen molar-refractivity contribution in [2.75, 3.05) is 0 Å². The number of allylic oxidation sites excluding steroid dienone is 1. The van der Waals surface area contributed by atoms with E-state index in [1.165, 1.54) is 66.8 Å². The van der Waals surface area contributed by atoms with E-state index in [1.54, 1.807) is 0 Å². The van der Waals surface area contributed by atoms with Crippen LogP contribution in [0.4, 0.5) is 0 Å². The van der Waals surface area contributed by atoms with Gasteiger partial charge in [0, 0.05) is 17.3 Å². The molecule has 0 aromatic heterocycles. The SMILES string of the molecule is CCc1ccc2c(c1)C(C(c1ccccc1)(c1ccccc1)C1C=Cc3cc(-c4ccccc4)ccc31)c1cc(CC)ccc1-2. The molecule has 1 atom stereocenters. The van der Waals surface area contributed by atoms with Crippen molar-refractivity contribution in [2.45, 2.75) is 43.9 Å². The molecule has 2 aliphatic rings. The van der Waals surface area contributed by atoms with Crippen molar-refractivity contribution in [1.82, 2.24) is 0 Å². The average molecular weight is 579 g/mol. The van der Waals surface area contributed by atoms with Gasteiger partial charge in [0.25, 0.3) is 0 Å². The Labute approximate surface area is 267 Å². The Balaban J connectivity index is 1.45. The molecule has 8 rings (SSSR count). The highest BCUT2D eigenvalue weighted by molar-refractivity contribution is 5.83. The first kappa shape index (κ1) is 27.6. The van der Waals surface area contributed by atoms with Gasteiger partial charge in [-0.15, -0.1) is 0 Å². The molecule has 0 fully saturated rings. The number of aryl methyl sites for hydroxylation is 2. The fourth-order valence-corrected chi connectivity index (χ4v) is 8.27. The third-order valence-corrected chi connectivity index (χ3v) is 10.4. The van der Waals surface area contributed by atoms with Crippen LogP contribution in [0.15, 0.2) is 152 Å². The monoisotopic (exact) mass is 578 g/mol. The Morgan fingerprint density at radius 3 is 1.56 bits per heavy atom. The van der Waals surface area contributed by atoms with Gasteiger partial charge in [-0.3, -0.25) is 0 Å². The Hall–Kier alpha value is -4.94. The fourth-order valence-electron chi connectivity index (χ4n) is 8.27. The lowest BCUT2D eigenvalue weighted by Gasteiger charge is -2.46. The van der Waals surface area contributed by atoms with Crippen molar-refractivity contribution in [3.8, 4) is 22.3 Å². The molecular formula is C45H38. The van der Waals surface area contributed by atoms with Gasteiger partial charge in [0.15, 0.2) is 0 Å². The molecule has 2 aliphatic carbocycles. The zero-order valence-corrected chi connectivity index (χ0v) is 26.1. The summed E-state index contributed by atoms with van der Waals surface area (Å²) in [5.74, 6) is 0.279. The highest BCUT2D eigenvalue weighted by atomic mass is 14.5.